The maximum absolute atomic E-state index is 12.0. The van der Waals surface area contributed by atoms with Crippen molar-refractivity contribution in [3.8, 4) is 5.75 Å². The molecule has 0 radical (unpaired) electrons. The van der Waals surface area contributed by atoms with Crippen molar-refractivity contribution in [2.45, 2.75) is 12.9 Å². The van der Waals surface area contributed by atoms with Gasteiger partial charge in [0, 0.05) is 12.1 Å². The molecule has 6 nitrogen and oxygen atoms in total. The number of nitrogens with one attached hydrogen (secondary N) is 1. The largest absolute Gasteiger partial charge is 0.573 e. The summed E-state index contributed by atoms with van der Waals surface area (Å²) in [4.78, 5) is 23.5. The fraction of sp³-hybridized carbons (Fsp3) is 0.250. The van der Waals surface area contributed by atoms with E-state index in [1.165, 1.54) is 0 Å². The molecule has 0 spiro atoms. The average Bonchev–Trinajstić information content (AvgIpc) is 2.17. The SMILES string of the molecule is NCc1cc(OC(F)(F)F)c(C(=O)O)[nH]c1=O. The van der Waals surface area contributed by atoms with Crippen molar-refractivity contribution < 1.29 is 27.8 Å². The van der Waals surface area contributed by atoms with Gasteiger partial charge < -0.3 is 20.6 Å². The third-order valence-corrected chi connectivity index (χ3v) is 1.74. The van der Waals surface area contributed by atoms with Crippen LogP contribution in [-0.4, -0.2) is 22.4 Å². The van der Waals surface area contributed by atoms with Crippen LogP contribution in [0, 0.1) is 0 Å². The minimum absolute atomic E-state index is 0.214. The van der Waals surface area contributed by atoms with Crippen molar-refractivity contribution in [2.75, 3.05) is 0 Å². The molecule has 0 aliphatic rings. The van der Waals surface area contributed by atoms with Crippen molar-refractivity contribution >= 4 is 5.97 Å². The van der Waals surface area contributed by atoms with E-state index in [-0.39, 0.29) is 12.1 Å². The lowest BCUT2D eigenvalue weighted by atomic mass is 10.2. The molecule has 1 aromatic rings. The zero-order valence-electron chi connectivity index (χ0n) is 8.17. The predicted octanol–water partition coefficient (Wildman–Crippen LogP) is 0.430. The molecule has 0 atom stereocenters. The van der Waals surface area contributed by atoms with Crippen LogP contribution in [0.5, 0.6) is 5.75 Å². The molecule has 0 fully saturated rings. The van der Waals surface area contributed by atoms with Gasteiger partial charge in [0.15, 0.2) is 11.4 Å². The smallest absolute Gasteiger partial charge is 0.476 e. The number of aromatic carboxylic acids is 1. The number of nitrogens with two attached hydrogens (primary N) is 1. The third-order valence-electron chi connectivity index (χ3n) is 1.74. The van der Waals surface area contributed by atoms with Gasteiger partial charge in [-0.1, -0.05) is 0 Å². The average molecular weight is 252 g/mol. The van der Waals surface area contributed by atoms with Crippen LogP contribution in [0.4, 0.5) is 13.2 Å². The highest BCUT2D eigenvalue weighted by molar-refractivity contribution is 5.88. The molecule has 1 heterocycles. The number of hydrogen-bond acceptors (Lipinski definition) is 4. The Kier molecular flexibility index (Phi) is 3.42. The first-order valence-electron chi connectivity index (χ1n) is 4.20. The normalized spacial score (nSPS) is 11.3. The lowest BCUT2D eigenvalue weighted by molar-refractivity contribution is -0.274. The van der Waals surface area contributed by atoms with Crippen LogP contribution in [0.1, 0.15) is 16.1 Å². The fourth-order valence-electron chi connectivity index (χ4n) is 1.07. The first kappa shape index (κ1) is 13.0. The van der Waals surface area contributed by atoms with E-state index in [1.807, 2.05) is 0 Å². The minimum atomic E-state index is -5.06. The van der Waals surface area contributed by atoms with Gasteiger partial charge in [0.25, 0.3) is 5.56 Å². The van der Waals surface area contributed by atoms with Gasteiger partial charge in [-0.2, -0.15) is 0 Å². The molecule has 9 heteroatoms. The molecule has 94 valence electrons. The molecular weight excluding hydrogens is 245 g/mol. The molecular formula is C8H7F3N2O4. The van der Waals surface area contributed by atoms with E-state index in [0.717, 1.165) is 0 Å². The third kappa shape index (κ3) is 3.21. The van der Waals surface area contributed by atoms with Crippen molar-refractivity contribution in [3.63, 3.8) is 0 Å². The number of alkyl halides is 3. The summed E-state index contributed by atoms with van der Waals surface area (Å²) in [5.74, 6) is -2.75. The Bertz CT molecular complexity index is 495. The van der Waals surface area contributed by atoms with E-state index < -0.39 is 29.3 Å². The zero-order chi connectivity index (χ0) is 13.2. The van der Waals surface area contributed by atoms with Gasteiger partial charge in [0.1, 0.15) is 0 Å². The quantitative estimate of drug-likeness (QED) is 0.723. The summed E-state index contributed by atoms with van der Waals surface area (Å²) in [6.07, 6.45) is -5.06. The second-order valence-electron chi connectivity index (χ2n) is 2.92. The topological polar surface area (TPSA) is 105 Å². The lowest BCUT2D eigenvalue weighted by Gasteiger charge is -2.11. The van der Waals surface area contributed by atoms with E-state index in [2.05, 4.69) is 4.74 Å². The second kappa shape index (κ2) is 4.45. The number of aromatic amines is 1. The molecule has 1 aromatic heterocycles. The Hall–Kier alpha value is -2.03. The van der Waals surface area contributed by atoms with Crippen LogP contribution in [0.15, 0.2) is 10.9 Å². The summed E-state index contributed by atoms with van der Waals surface area (Å²) in [5, 5.41) is 8.60. The van der Waals surface area contributed by atoms with Crippen LogP contribution < -0.4 is 16.0 Å². The molecule has 0 aliphatic carbocycles. The Morgan fingerprint density at radius 3 is 2.53 bits per heavy atom. The number of H-pyrrole nitrogens is 1. The number of rotatable bonds is 3. The van der Waals surface area contributed by atoms with E-state index in [1.54, 1.807) is 4.98 Å². The summed E-state index contributed by atoms with van der Waals surface area (Å²) in [6, 6.07) is 0.649. The van der Waals surface area contributed by atoms with E-state index in [9.17, 15) is 22.8 Å². The summed E-state index contributed by atoms with van der Waals surface area (Å²) < 4.78 is 39.4. The second-order valence-corrected chi connectivity index (χ2v) is 2.92. The van der Waals surface area contributed by atoms with Crippen LogP contribution in [0.3, 0.4) is 0 Å². The summed E-state index contributed by atoms with van der Waals surface area (Å²) >= 11 is 0. The molecule has 0 saturated heterocycles. The highest BCUT2D eigenvalue weighted by Crippen LogP contribution is 2.25. The molecule has 17 heavy (non-hydrogen) atoms. The van der Waals surface area contributed by atoms with Crippen LogP contribution in [0.25, 0.3) is 0 Å². The van der Waals surface area contributed by atoms with Gasteiger partial charge in [-0.05, 0) is 6.07 Å². The summed E-state index contributed by atoms with van der Waals surface area (Å²) in [6.45, 7) is -0.344. The Morgan fingerprint density at radius 2 is 2.12 bits per heavy atom. The summed E-state index contributed by atoms with van der Waals surface area (Å²) in [5.41, 5.74) is 3.03. The molecule has 0 saturated carbocycles. The zero-order valence-corrected chi connectivity index (χ0v) is 8.17. The van der Waals surface area contributed by atoms with Crippen molar-refractivity contribution in [1.29, 1.82) is 0 Å². The maximum Gasteiger partial charge on any atom is 0.573 e. The number of halogens is 3. The van der Waals surface area contributed by atoms with E-state index in [0.29, 0.717) is 6.07 Å². The van der Waals surface area contributed by atoms with Gasteiger partial charge in [-0.15, -0.1) is 13.2 Å². The van der Waals surface area contributed by atoms with Crippen molar-refractivity contribution in [1.82, 2.24) is 4.98 Å². The summed E-state index contributed by atoms with van der Waals surface area (Å²) in [7, 11) is 0. The standard InChI is InChI=1S/C8H7F3N2O4/c9-8(10,11)17-4-1-3(2-12)6(14)13-5(4)7(15)16/h1H,2,12H2,(H,13,14)(H,15,16). The number of carboxylic acids is 1. The molecule has 0 aromatic carbocycles. The monoisotopic (exact) mass is 252 g/mol. The van der Waals surface area contributed by atoms with Gasteiger partial charge in [0.2, 0.25) is 0 Å². The van der Waals surface area contributed by atoms with Gasteiger partial charge >= 0.3 is 12.3 Å². The fourth-order valence-corrected chi connectivity index (χ4v) is 1.07. The number of carboxylic acid groups (broad SMARTS) is 1. The van der Waals surface area contributed by atoms with Crippen LogP contribution in [0.2, 0.25) is 0 Å². The lowest BCUT2D eigenvalue weighted by Crippen LogP contribution is -2.24. The van der Waals surface area contributed by atoms with Crippen LogP contribution >= 0.6 is 0 Å². The highest BCUT2D eigenvalue weighted by Gasteiger charge is 2.33. The van der Waals surface area contributed by atoms with Gasteiger partial charge in [-0.25, -0.2) is 4.79 Å². The maximum atomic E-state index is 12.0. The number of ether oxygens (including phenoxy) is 1. The molecule has 0 bridgehead atoms. The Balaban J connectivity index is 3.34. The first-order chi connectivity index (χ1) is 7.74. The van der Waals surface area contributed by atoms with Gasteiger partial charge in [0.05, 0.1) is 0 Å². The van der Waals surface area contributed by atoms with E-state index >= 15 is 0 Å². The van der Waals surface area contributed by atoms with Crippen LogP contribution in [-0.2, 0) is 6.54 Å². The van der Waals surface area contributed by atoms with E-state index in [4.69, 9.17) is 10.8 Å². The first-order valence-corrected chi connectivity index (χ1v) is 4.20. The number of hydrogen-bond donors (Lipinski definition) is 3. The highest BCUT2D eigenvalue weighted by atomic mass is 19.4. The number of carbonyl (C=O) groups is 1. The number of aromatic nitrogens is 1. The molecule has 0 unspecified atom stereocenters. The molecule has 1 rings (SSSR count). The molecule has 4 N–H and O–H groups in total. The Labute approximate surface area is 91.8 Å². The molecule has 0 aliphatic heterocycles. The molecule has 0 amide bonds. The minimum Gasteiger partial charge on any atom is -0.476 e. The van der Waals surface area contributed by atoms with Crippen molar-refractivity contribution in [3.05, 3.63) is 27.7 Å². The van der Waals surface area contributed by atoms with Gasteiger partial charge in [-0.3, -0.25) is 4.79 Å². The Morgan fingerprint density at radius 1 is 1.53 bits per heavy atom. The predicted molar refractivity (Wildman–Crippen MR) is 48.6 cm³/mol. The number of pyridine rings is 1. The van der Waals surface area contributed by atoms with Crippen molar-refractivity contribution in [2.24, 2.45) is 5.73 Å².